The molecule has 0 atom stereocenters. The molecule has 0 aromatic heterocycles. The lowest BCUT2D eigenvalue weighted by Gasteiger charge is -2.40. The van der Waals surface area contributed by atoms with E-state index >= 15 is 0 Å². The molecule has 1 saturated carbocycles. The Bertz CT molecular complexity index is 880. The maximum Gasteiger partial charge on any atom is 0.258 e. The highest BCUT2D eigenvalue weighted by molar-refractivity contribution is 6.07. The minimum atomic E-state index is -0.206. The van der Waals surface area contributed by atoms with Crippen molar-refractivity contribution in [3.63, 3.8) is 0 Å². The summed E-state index contributed by atoms with van der Waals surface area (Å²) in [6, 6.07) is 13.4. The van der Waals surface area contributed by atoms with Crippen LogP contribution in [0.5, 0.6) is 0 Å². The molecule has 0 radical (unpaired) electrons. The Labute approximate surface area is 159 Å². The first-order valence-electron chi connectivity index (χ1n) is 9.98. The van der Waals surface area contributed by atoms with Gasteiger partial charge in [-0.3, -0.25) is 4.79 Å². The molecule has 1 aliphatic carbocycles. The third kappa shape index (κ3) is 2.87. The zero-order chi connectivity index (χ0) is 18.6. The molecular weight excluding hydrogens is 339 g/mol. The van der Waals surface area contributed by atoms with E-state index in [0.29, 0.717) is 12.1 Å². The van der Waals surface area contributed by atoms with E-state index in [2.05, 4.69) is 4.90 Å². The number of benzene rings is 2. The van der Waals surface area contributed by atoms with Gasteiger partial charge in [-0.2, -0.15) is 0 Å². The molecule has 3 aliphatic rings. The quantitative estimate of drug-likeness (QED) is 0.794. The molecular formula is C23H25FN2O. The van der Waals surface area contributed by atoms with Crippen LogP contribution in [0, 0.1) is 12.7 Å². The first kappa shape index (κ1) is 16.9. The van der Waals surface area contributed by atoms with Crippen LogP contribution >= 0.6 is 0 Å². The minimum Gasteiger partial charge on any atom is -0.307 e. The molecule has 0 unspecified atom stereocenters. The molecule has 0 bridgehead atoms. The number of carbonyl (C=O) groups is 1. The summed E-state index contributed by atoms with van der Waals surface area (Å²) in [5.41, 5.74) is 3.64. The lowest BCUT2D eigenvalue weighted by Crippen LogP contribution is -2.46. The molecule has 2 aromatic carbocycles. The number of likely N-dealkylation sites (tertiary alicyclic amines) is 1. The Hall–Kier alpha value is -2.20. The lowest BCUT2D eigenvalue weighted by molar-refractivity contribution is 0.0975. The van der Waals surface area contributed by atoms with E-state index in [1.165, 1.54) is 18.9 Å². The van der Waals surface area contributed by atoms with E-state index in [1.54, 1.807) is 12.1 Å². The molecule has 27 heavy (non-hydrogen) atoms. The van der Waals surface area contributed by atoms with E-state index in [9.17, 15) is 9.18 Å². The van der Waals surface area contributed by atoms with Crippen LogP contribution in [0.2, 0.25) is 0 Å². The third-order valence-electron chi connectivity index (χ3n) is 6.64. The molecule has 5 rings (SSSR count). The van der Waals surface area contributed by atoms with Crippen molar-refractivity contribution in [3.8, 4) is 0 Å². The number of piperidine rings is 1. The highest BCUT2D eigenvalue weighted by atomic mass is 19.1. The Morgan fingerprint density at radius 3 is 2.44 bits per heavy atom. The van der Waals surface area contributed by atoms with Gasteiger partial charge in [-0.05, 0) is 81.6 Å². The maximum absolute atomic E-state index is 14.1. The lowest BCUT2D eigenvalue weighted by atomic mass is 9.74. The molecule has 140 valence electrons. The smallest absolute Gasteiger partial charge is 0.258 e. The molecule has 2 heterocycles. The second-order valence-corrected chi connectivity index (χ2v) is 8.47. The van der Waals surface area contributed by atoms with Crippen LogP contribution in [0.4, 0.5) is 10.1 Å². The van der Waals surface area contributed by atoms with Crippen LogP contribution in [-0.4, -0.2) is 36.5 Å². The van der Waals surface area contributed by atoms with Gasteiger partial charge in [-0.25, -0.2) is 4.39 Å². The second-order valence-electron chi connectivity index (χ2n) is 8.47. The van der Waals surface area contributed by atoms with Gasteiger partial charge in [-0.1, -0.05) is 17.7 Å². The first-order chi connectivity index (χ1) is 13.1. The monoisotopic (exact) mass is 364 g/mol. The average molecular weight is 364 g/mol. The summed E-state index contributed by atoms with van der Waals surface area (Å²) < 4.78 is 14.1. The van der Waals surface area contributed by atoms with Crippen molar-refractivity contribution >= 4 is 11.6 Å². The molecule has 3 nitrogen and oxygen atoms in total. The summed E-state index contributed by atoms with van der Waals surface area (Å²) >= 11 is 0. The van der Waals surface area contributed by atoms with Gasteiger partial charge in [0.15, 0.2) is 0 Å². The van der Waals surface area contributed by atoms with E-state index in [1.807, 2.05) is 36.1 Å². The summed E-state index contributed by atoms with van der Waals surface area (Å²) in [5, 5.41) is 0. The average Bonchev–Trinajstić information content (AvgIpc) is 3.48. The molecule has 1 spiro atoms. The van der Waals surface area contributed by atoms with Crippen LogP contribution in [0.25, 0.3) is 0 Å². The number of aryl methyl sites for hydroxylation is 1. The molecule has 1 amide bonds. The normalized spacial score (nSPS) is 21.5. The SMILES string of the molecule is Cc1ccc(C(=O)N2CC3(CCN(C4CC4)CC3)c3cc(F)ccc32)cc1. The van der Waals surface area contributed by atoms with Crippen molar-refractivity contribution in [2.45, 2.75) is 44.1 Å². The Balaban J connectivity index is 1.48. The number of anilines is 1. The summed E-state index contributed by atoms with van der Waals surface area (Å²) in [7, 11) is 0. The van der Waals surface area contributed by atoms with Gasteiger partial charge in [0.2, 0.25) is 0 Å². The summed E-state index contributed by atoms with van der Waals surface area (Å²) in [6.07, 6.45) is 4.63. The number of nitrogens with zero attached hydrogens (tertiary/aromatic N) is 2. The third-order valence-corrected chi connectivity index (χ3v) is 6.64. The van der Waals surface area contributed by atoms with Crippen LogP contribution in [0.3, 0.4) is 0 Å². The van der Waals surface area contributed by atoms with Crippen LogP contribution in [0.1, 0.15) is 47.2 Å². The molecule has 2 aliphatic heterocycles. The zero-order valence-corrected chi connectivity index (χ0v) is 15.7. The minimum absolute atomic E-state index is 0.0179. The fraction of sp³-hybridized carbons (Fsp3) is 0.435. The molecule has 1 saturated heterocycles. The zero-order valence-electron chi connectivity index (χ0n) is 15.7. The number of carbonyl (C=O) groups excluding carboxylic acids is 1. The van der Waals surface area contributed by atoms with Gasteiger partial charge in [0.25, 0.3) is 5.91 Å². The van der Waals surface area contributed by atoms with Crippen LogP contribution in [0.15, 0.2) is 42.5 Å². The van der Waals surface area contributed by atoms with Crippen molar-refractivity contribution in [2.75, 3.05) is 24.5 Å². The highest BCUT2D eigenvalue weighted by Gasteiger charge is 2.48. The van der Waals surface area contributed by atoms with Crippen molar-refractivity contribution in [1.29, 1.82) is 0 Å². The molecule has 4 heteroatoms. The van der Waals surface area contributed by atoms with E-state index in [4.69, 9.17) is 0 Å². The highest BCUT2D eigenvalue weighted by Crippen LogP contribution is 2.48. The van der Waals surface area contributed by atoms with E-state index < -0.39 is 0 Å². The van der Waals surface area contributed by atoms with Gasteiger partial charge in [-0.15, -0.1) is 0 Å². The van der Waals surface area contributed by atoms with E-state index in [-0.39, 0.29) is 17.1 Å². The summed E-state index contributed by atoms with van der Waals surface area (Å²) in [6.45, 7) is 4.78. The molecule has 2 aromatic rings. The fourth-order valence-corrected chi connectivity index (χ4v) is 4.86. The summed E-state index contributed by atoms with van der Waals surface area (Å²) in [5.74, 6) is -0.188. The molecule has 2 fully saturated rings. The number of hydrogen-bond donors (Lipinski definition) is 0. The fourth-order valence-electron chi connectivity index (χ4n) is 4.86. The van der Waals surface area contributed by atoms with Crippen LogP contribution < -0.4 is 4.90 Å². The number of fused-ring (bicyclic) bond motifs is 2. The van der Waals surface area contributed by atoms with Gasteiger partial charge in [0.1, 0.15) is 5.82 Å². The van der Waals surface area contributed by atoms with Crippen molar-refractivity contribution in [3.05, 3.63) is 65.0 Å². The number of amides is 1. The van der Waals surface area contributed by atoms with Gasteiger partial charge < -0.3 is 9.80 Å². The predicted molar refractivity (Wildman–Crippen MR) is 105 cm³/mol. The number of rotatable bonds is 2. The largest absolute Gasteiger partial charge is 0.307 e. The first-order valence-corrected chi connectivity index (χ1v) is 9.98. The topological polar surface area (TPSA) is 23.6 Å². The van der Waals surface area contributed by atoms with Crippen molar-refractivity contribution in [2.24, 2.45) is 0 Å². The molecule has 0 N–H and O–H groups in total. The standard InChI is InChI=1S/C23H25FN2O/c1-16-2-4-17(5-3-16)22(27)26-15-23(20-14-18(24)6-9-21(20)26)10-12-25(13-11-23)19-7-8-19/h2-6,9,14,19H,7-8,10-13,15H2,1H3. The van der Waals surface area contributed by atoms with Gasteiger partial charge in [0.05, 0.1) is 0 Å². The number of halogens is 1. The van der Waals surface area contributed by atoms with Gasteiger partial charge in [0, 0.05) is 29.3 Å². The number of hydrogen-bond acceptors (Lipinski definition) is 2. The Morgan fingerprint density at radius 1 is 1.07 bits per heavy atom. The summed E-state index contributed by atoms with van der Waals surface area (Å²) in [4.78, 5) is 17.7. The van der Waals surface area contributed by atoms with Crippen molar-refractivity contribution < 1.29 is 9.18 Å². The Morgan fingerprint density at radius 2 is 1.78 bits per heavy atom. The Kier molecular flexibility index (Phi) is 3.87. The predicted octanol–water partition coefficient (Wildman–Crippen LogP) is 4.29. The van der Waals surface area contributed by atoms with Gasteiger partial charge >= 0.3 is 0 Å². The van der Waals surface area contributed by atoms with E-state index in [0.717, 1.165) is 48.8 Å². The maximum atomic E-state index is 14.1. The van der Waals surface area contributed by atoms with Crippen LogP contribution in [-0.2, 0) is 5.41 Å². The second kappa shape index (κ2) is 6.16. The van der Waals surface area contributed by atoms with Crippen molar-refractivity contribution in [1.82, 2.24) is 4.90 Å².